The van der Waals surface area contributed by atoms with Gasteiger partial charge < -0.3 is 10.1 Å². The van der Waals surface area contributed by atoms with Gasteiger partial charge in [-0.1, -0.05) is 12.8 Å². The van der Waals surface area contributed by atoms with Crippen LogP contribution in [0.2, 0.25) is 0 Å². The maximum absolute atomic E-state index is 11.5. The molecule has 0 saturated heterocycles. The molecule has 1 saturated carbocycles. The van der Waals surface area contributed by atoms with E-state index in [0.717, 1.165) is 18.7 Å². The third-order valence-electron chi connectivity index (χ3n) is 3.32. The molecule has 0 radical (unpaired) electrons. The molecular weight excluding hydrogens is 256 g/mol. The van der Waals surface area contributed by atoms with Gasteiger partial charge in [-0.15, -0.1) is 0 Å². The average Bonchev–Trinajstić information content (AvgIpc) is 3.10. The zero-order valence-corrected chi connectivity index (χ0v) is 11.5. The summed E-state index contributed by atoms with van der Waals surface area (Å²) in [5.41, 5.74) is -0.0500. The lowest BCUT2D eigenvalue weighted by Gasteiger charge is -2.13. The van der Waals surface area contributed by atoms with Crippen LogP contribution < -0.4 is 5.32 Å². The number of hydrogen-bond donors (Lipinski definition) is 1. The Morgan fingerprint density at radius 2 is 2.40 bits per heavy atom. The van der Waals surface area contributed by atoms with Gasteiger partial charge in [0.05, 0.1) is 18.8 Å². The van der Waals surface area contributed by atoms with E-state index in [9.17, 15) is 4.79 Å². The van der Waals surface area contributed by atoms with Gasteiger partial charge in [-0.05, 0) is 19.8 Å². The zero-order chi connectivity index (χ0) is 14.4. The van der Waals surface area contributed by atoms with Crippen molar-refractivity contribution in [1.82, 2.24) is 9.78 Å². The van der Waals surface area contributed by atoms with Crippen LogP contribution in [0.15, 0.2) is 24.0 Å². The highest BCUT2D eigenvalue weighted by molar-refractivity contribution is 5.93. The van der Waals surface area contributed by atoms with E-state index in [0.29, 0.717) is 6.04 Å². The minimum absolute atomic E-state index is 0.0500. The number of nitrogens with zero attached hydrogens (tertiary/aromatic N) is 3. The van der Waals surface area contributed by atoms with Crippen LogP contribution in [0, 0.1) is 11.3 Å². The minimum Gasteiger partial charge on any atom is -0.462 e. The molecule has 1 N–H and O–H groups in total. The lowest BCUT2D eigenvalue weighted by molar-refractivity contribution is -0.138. The monoisotopic (exact) mass is 274 g/mol. The first-order valence-corrected chi connectivity index (χ1v) is 6.83. The van der Waals surface area contributed by atoms with E-state index in [1.165, 1.54) is 19.0 Å². The molecule has 0 atom stereocenters. The molecule has 0 spiro atoms. The molecule has 2 rings (SSSR count). The van der Waals surface area contributed by atoms with Gasteiger partial charge in [0.15, 0.2) is 5.57 Å². The highest BCUT2D eigenvalue weighted by Crippen LogP contribution is 2.31. The molecule has 0 amide bonds. The van der Waals surface area contributed by atoms with Crippen LogP contribution in [0.5, 0.6) is 0 Å². The molecule has 6 heteroatoms. The Hall–Kier alpha value is -2.29. The van der Waals surface area contributed by atoms with Gasteiger partial charge in [0.25, 0.3) is 0 Å². The number of ether oxygens (including phenoxy) is 1. The normalized spacial score (nSPS) is 15.9. The average molecular weight is 274 g/mol. The molecule has 1 heterocycles. The van der Waals surface area contributed by atoms with Gasteiger partial charge >= 0.3 is 5.97 Å². The number of aromatic nitrogens is 2. The second-order valence-corrected chi connectivity index (χ2v) is 4.63. The lowest BCUT2D eigenvalue weighted by atomic mass is 10.2. The molecule has 106 valence electrons. The summed E-state index contributed by atoms with van der Waals surface area (Å²) >= 11 is 0. The summed E-state index contributed by atoms with van der Waals surface area (Å²) in [6.07, 6.45) is 7.75. The SMILES string of the molecule is CCOC(=O)/C(C#N)=C/Nc1ccnn1C1CCCC1. The van der Waals surface area contributed by atoms with Gasteiger partial charge in [-0.2, -0.15) is 10.4 Å². The molecular formula is C14H18N4O2. The Balaban J connectivity index is 2.08. The predicted molar refractivity (Wildman–Crippen MR) is 73.7 cm³/mol. The number of nitriles is 1. The van der Waals surface area contributed by atoms with Crippen molar-refractivity contribution in [2.24, 2.45) is 0 Å². The summed E-state index contributed by atoms with van der Waals surface area (Å²) in [6.45, 7) is 1.95. The molecule has 0 aliphatic heterocycles. The first-order chi connectivity index (χ1) is 9.76. The van der Waals surface area contributed by atoms with E-state index >= 15 is 0 Å². The van der Waals surface area contributed by atoms with Gasteiger partial charge in [-0.25, -0.2) is 9.48 Å². The Morgan fingerprint density at radius 3 is 3.05 bits per heavy atom. The van der Waals surface area contributed by atoms with Gasteiger partial charge in [0.2, 0.25) is 0 Å². The maximum Gasteiger partial charge on any atom is 0.350 e. The number of hydrogen-bond acceptors (Lipinski definition) is 5. The van der Waals surface area contributed by atoms with E-state index in [1.807, 2.05) is 16.8 Å². The zero-order valence-electron chi connectivity index (χ0n) is 11.5. The van der Waals surface area contributed by atoms with Crippen molar-refractivity contribution in [2.45, 2.75) is 38.6 Å². The molecule has 0 bridgehead atoms. The van der Waals surface area contributed by atoms with Crippen molar-refractivity contribution in [3.63, 3.8) is 0 Å². The summed E-state index contributed by atoms with van der Waals surface area (Å²) in [5.74, 6) is 0.170. The fraction of sp³-hybridized carbons (Fsp3) is 0.500. The van der Waals surface area contributed by atoms with E-state index in [1.54, 1.807) is 13.1 Å². The van der Waals surface area contributed by atoms with E-state index in [4.69, 9.17) is 10.00 Å². The van der Waals surface area contributed by atoms with Crippen LogP contribution in [-0.4, -0.2) is 22.4 Å². The Labute approximate surface area is 118 Å². The van der Waals surface area contributed by atoms with Crippen LogP contribution in [0.4, 0.5) is 5.82 Å². The molecule has 1 aromatic heterocycles. The van der Waals surface area contributed by atoms with Crippen LogP contribution >= 0.6 is 0 Å². The predicted octanol–water partition coefficient (Wildman–Crippen LogP) is 2.38. The molecule has 1 aromatic rings. The lowest BCUT2D eigenvalue weighted by Crippen LogP contribution is -2.11. The number of rotatable bonds is 5. The molecule has 1 aliphatic carbocycles. The number of esters is 1. The Kier molecular flexibility index (Phi) is 4.77. The largest absolute Gasteiger partial charge is 0.462 e. The van der Waals surface area contributed by atoms with Crippen LogP contribution in [-0.2, 0) is 9.53 Å². The van der Waals surface area contributed by atoms with E-state index in [2.05, 4.69) is 10.4 Å². The maximum atomic E-state index is 11.5. The first-order valence-electron chi connectivity index (χ1n) is 6.83. The standard InChI is InChI=1S/C14H18N4O2/c1-2-20-14(19)11(9-15)10-16-13-7-8-17-18(13)12-5-3-4-6-12/h7-8,10,12,16H,2-6H2,1H3/b11-10+. The molecule has 1 fully saturated rings. The van der Waals surface area contributed by atoms with Crippen LogP contribution in [0.1, 0.15) is 38.6 Å². The van der Waals surface area contributed by atoms with E-state index < -0.39 is 5.97 Å². The number of carbonyl (C=O) groups is 1. The summed E-state index contributed by atoms with van der Waals surface area (Å²) in [6, 6.07) is 4.06. The van der Waals surface area contributed by atoms with Gasteiger partial charge in [0.1, 0.15) is 11.9 Å². The molecule has 20 heavy (non-hydrogen) atoms. The van der Waals surface area contributed by atoms with E-state index in [-0.39, 0.29) is 12.2 Å². The highest BCUT2D eigenvalue weighted by atomic mass is 16.5. The third-order valence-corrected chi connectivity index (χ3v) is 3.32. The molecule has 1 aliphatic rings. The summed E-state index contributed by atoms with van der Waals surface area (Å²) in [4.78, 5) is 11.5. The van der Waals surface area contributed by atoms with Gasteiger partial charge in [-0.3, -0.25) is 0 Å². The molecule has 6 nitrogen and oxygen atoms in total. The fourth-order valence-electron chi connectivity index (χ4n) is 2.36. The van der Waals surface area contributed by atoms with Crippen molar-refractivity contribution in [3.8, 4) is 6.07 Å². The fourth-order valence-corrected chi connectivity index (χ4v) is 2.36. The second kappa shape index (κ2) is 6.75. The summed E-state index contributed by atoms with van der Waals surface area (Å²) in [5, 5.41) is 16.2. The second-order valence-electron chi connectivity index (χ2n) is 4.63. The third kappa shape index (κ3) is 3.18. The summed E-state index contributed by atoms with van der Waals surface area (Å²) in [7, 11) is 0. The summed E-state index contributed by atoms with van der Waals surface area (Å²) < 4.78 is 6.72. The van der Waals surface area contributed by atoms with Gasteiger partial charge in [0, 0.05) is 12.3 Å². The molecule has 0 aromatic carbocycles. The first kappa shape index (κ1) is 14.1. The number of nitrogens with one attached hydrogen (secondary N) is 1. The van der Waals surface area contributed by atoms with Crippen LogP contribution in [0.25, 0.3) is 0 Å². The van der Waals surface area contributed by atoms with Crippen LogP contribution in [0.3, 0.4) is 0 Å². The highest BCUT2D eigenvalue weighted by Gasteiger charge is 2.19. The van der Waals surface area contributed by atoms with Crippen molar-refractivity contribution in [3.05, 3.63) is 24.0 Å². The smallest absolute Gasteiger partial charge is 0.350 e. The Bertz CT molecular complexity index is 536. The Morgan fingerprint density at radius 1 is 1.65 bits per heavy atom. The van der Waals surface area contributed by atoms with Crippen molar-refractivity contribution in [2.75, 3.05) is 11.9 Å². The van der Waals surface area contributed by atoms with Crippen molar-refractivity contribution in [1.29, 1.82) is 5.26 Å². The van der Waals surface area contributed by atoms with Crippen molar-refractivity contribution < 1.29 is 9.53 Å². The number of carbonyl (C=O) groups excluding carboxylic acids is 1. The minimum atomic E-state index is -0.616. The topological polar surface area (TPSA) is 79.9 Å². The number of anilines is 1. The quantitative estimate of drug-likeness (QED) is 0.506. The van der Waals surface area contributed by atoms with Crippen molar-refractivity contribution >= 4 is 11.8 Å². The molecule has 0 unspecified atom stereocenters.